The Balaban J connectivity index is 1.49. The fraction of sp³-hybridized carbons (Fsp3) is 0.565. The summed E-state index contributed by atoms with van der Waals surface area (Å²) < 4.78 is 5.08. The first-order valence-corrected chi connectivity index (χ1v) is 10.8. The molecule has 7 heteroatoms. The van der Waals surface area contributed by atoms with Gasteiger partial charge in [-0.15, -0.1) is 0 Å². The molecule has 30 heavy (non-hydrogen) atoms. The Morgan fingerprint density at radius 1 is 1.10 bits per heavy atom. The van der Waals surface area contributed by atoms with Crippen LogP contribution in [0.4, 0.5) is 5.69 Å². The number of benzene rings is 1. The summed E-state index contributed by atoms with van der Waals surface area (Å²) in [6.45, 7) is 3.14. The molecule has 3 rings (SSSR count). The Kier molecular flexibility index (Phi) is 7.24. The van der Waals surface area contributed by atoms with E-state index >= 15 is 0 Å². The number of likely N-dealkylation sites (tertiary alicyclic amines) is 1. The van der Waals surface area contributed by atoms with Gasteiger partial charge in [0.25, 0.3) is 5.91 Å². The molecular formula is C23H30N2O5. The molecular weight excluding hydrogens is 384 g/mol. The van der Waals surface area contributed by atoms with Crippen LogP contribution in [0.1, 0.15) is 57.9 Å². The van der Waals surface area contributed by atoms with E-state index < -0.39 is 24.5 Å². The van der Waals surface area contributed by atoms with Gasteiger partial charge in [-0.1, -0.05) is 38.3 Å². The third kappa shape index (κ3) is 4.89. The second kappa shape index (κ2) is 9.87. The molecule has 0 aromatic heterocycles. The topological polar surface area (TPSA) is 92.8 Å². The molecule has 3 atom stereocenters. The van der Waals surface area contributed by atoms with Crippen molar-refractivity contribution < 1.29 is 23.9 Å². The number of imide groups is 1. The van der Waals surface area contributed by atoms with Crippen molar-refractivity contribution in [2.75, 3.05) is 11.9 Å². The van der Waals surface area contributed by atoms with E-state index in [1.54, 1.807) is 0 Å². The number of rotatable bonds is 8. The van der Waals surface area contributed by atoms with Gasteiger partial charge in [-0.25, -0.2) is 4.79 Å². The van der Waals surface area contributed by atoms with Crippen LogP contribution in [0.2, 0.25) is 0 Å². The number of ether oxygens (including phenoxy) is 1. The van der Waals surface area contributed by atoms with Gasteiger partial charge in [-0.2, -0.15) is 0 Å². The monoisotopic (exact) mass is 414 g/mol. The minimum atomic E-state index is -1.03. The molecule has 0 spiro atoms. The number of hydrogen-bond acceptors (Lipinski definition) is 5. The molecule has 0 radical (unpaired) electrons. The minimum absolute atomic E-state index is 0.290. The van der Waals surface area contributed by atoms with Crippen LogP contribution < -0.4 is 5.32 Å². The van der Waals surface area contributed by atoms with Crippen molar-refractivity contribution >= 4 is 29.4 Å². The van der Waals surface area contributed by atoms with Crippen LogP contribution in [0.15, 0.2) is 24.3 Å². The molecule has 2 aliphatic rings. The standard InChI is InChI=1S/C23H30N2O5/c1-3-4-7-16-10-12-17(13-11-16)24-20(26)14-30-23(29)15(2)25-21(27)18-8-5-6-9-19(18)22(25)28/h10-13,15,18-19H,3-9,14H2,1-2H3,(H,24,26)/t15-,18-,19+/m0/s1. The average molecular weight is 415 g/mol. The van der Waals surface area contributed by atoms with E-state index in [-0.39, 0.29) is 23.7 Å². The summed E-state index contributed by atoms with van der Waals surface area (Å²) in [6, 6.07) is 6.53. The number of amides is 3. The zero-order valence-corrected chi connectivity index (χ0v) is 17.7. The number of carbonyl (C=O) groups excluding carboxylic acids is 4. The van der Waals surface area contributed by atoms with Crippen molar-refractivity contribution in [3.8, 4) is 0 Å². The molecule has 3 amide bonds. The van der Waals surface area contributed by atoms with Crippen LogP contribution in [-0.4, -0.2) is 41.2 Å². The highest BCUT2D eigenvalue weighted by molar-refractivity contribution is 6.08. The highest BCUT2D eigenvalue weighted by Crippen LogP contribution is 2.38. The van der Waals surface area contributed by atoms with Crippen molar-refractivity contribution in [3.63, 3.8) is 0 Å². The molecule has 1 N–H and O–H groups in total. The highest BCUT2D eigenvalue weighted by atomic mass is 16.5. The second-order valence-electron chi connectivity index (χ2n) is 8.18. The number of hydrogen-bond donors (Lipinski definition) is 1. The zero-order valence-electron chi connectivity index (χ0n) is 17.7. The third-order valence-corrected chi connectivity index (χ3v) is 6.01. The molecule has 1 aliphatic carbocycles. The molecule has 1 heterocycles. The van der Waals surface area contributed by atoms with Gasteiger partial charge < -0.3 is 10.1 Å². The first-order chi connectivity index (χ1) is 14.4. The van der Waals surface area contributed by atoms with Crippen molar-refractivity contribution in [2.45, 2.75) is 64.8 Å². The summed E-state index contributed by atoms with van der Waals surface area (Å²) in [5.74, 6) is -2.43. The predicted octanol–water partition coefficient (Wildman–Crippen LogP) is 3.07. The number of aryl methyl sites for hydroxylation is 1. The maximum absolute atomic E-state index is 12.6. The zero-order chi connectivity index (χ0) is 21.7. The first kappa shape index (κ1) is 22.0. The number of esters is 1. The number of nitrogens with zero attached hydrogens (tertiary/aromatic N) is 1. The second-order valence-corrected chi connectivity index (χ2v) is 8.18. The van der Waals surface area contributed by atoms with E-state index in [1.807, 2.05) is 24.3 Å². The van der Waals surface area contributed by atoms with Gasteiger partial charge in [0, 0.05) is 5.69 Å². The SMILES string of the molecule is CCCCc1ccc(NC(=O)COC(=O)[C@H](C)N2C(=O)[C@H]3CCCC[C@H]3C2=O)cc1. The molecule has 1 aromatic carbocycles. The maximum atomic E-state index is 12.6. The van der Waals surface area contributed by atoms with Crippen molar-refractivity contribution in [1.29, 1.82) is 0 Å². The van der Waals surface area contributed by atoms with Crippen molar-refractivity contribution in [3.05, 3.63) is 29.8 Å². The predicted molar refractivity (Wildman–Crippen MR) is 111 cm³/mol. The van der Waals surface area contributed by atoms with Gasteiger partial charge in [0.2, 0.25) is 11.8 Å². The van der Waals surface area contributed by atoms with E-state index in [0.717, 1.165) is 37.0 Å². The third-order valence-electron chi connectivity index (χ3n) is 6.01. The quantitative estimate of drug-likeness (QED) is 0.521. The molecule has 162 valence electrons. The molecule has 1 aromatic rings. The van der Waals surface area contributed by atoms with E-state index in [1.165, 1.54) is 12.5 Å². The summed E-state index contributed by atoms with van der Waals surface area (Å²) in [7, 11) is 0. The van der Waals surface area contributed by atoms with Crippen molar-refractivity contribution in [1.82, 2.24) is 4.90 Å². The number of anilines is 1. The summed E-state index contributed by atoms with van der Waals surface area (Å²) in [6.07, 6.45) is 6.46. The van der Waals surface area contributed by atoms with E-state index in [4.69, 9.17) is 4.74 Å². The van der Waals surface area contributed by atoms with E-state index in [2.05, 4.69) is 12.2 Å². The van der Waals surface area contributed by atoms with Gasteiger partial charge in [0.15, 0.2) is 6.61 Å². The molecule has 2 fully saturated rings. The summed E-state index contributed by atoms with van der Waals surface area (Å²) in [5.41, 5.74) is 1.83. The van der Waals surface area contributed by atoms with Crippen molar-refractivity contribution in [2.24, 2.45) is 11.8 Å². The number of unbranched alkanes of at least 4 members (excludes halogenated alkanes) is 1. The lowest BCUT2D eigenvalue weighted by Gasteiger charge is -2.21. The largest absolute Gasteiger partial charge is 0.454 e. The van der Waals surface area contributed by atoms with Crippen LogP contribution in [0.5, 0.6) is 0 Å². The Morgan fingerprint density at radius 3 is 2.27 bits per heavy atom. The lowest BCUT2D eigenvalue weighted by atomic mass is 9.81. The van der Waals surface area contributed by atoms with Gasteiger partial charge in [-0.05, 0) is 50.3 Å². The van der Waals surface area contributed by atoms with Crippen LogP contribution in [-0.2, 0) is 30.3 Å². The normalized spacial score (nSPS) is 21.9. The molecule has 7 nitrogen and oxygen atoms in total. The van der Waals surface area contributed by atoms with E-state index in [0.29, 0.717) is 18.5 Å². The van der Waals surface area contributed by atoms with Crippen LogP contribution in [0.25, 0.3) is 0 Å². The number of nitrogens with one attached hydrogen (secondary N) is 1. The average Bonchev–Trinajstić information content (AvgIpc) is 3.01. The molecule has 0 bridgehead atoms. The molecule has 1 saturated heterocycles. The first-order valence-electron chi connectivity index (χ1n) is 10.8. The Labute approximate surface area is 177 Å². The van der Waals surface area contributed by atoms with Crippen LogP contribution >= 0.6 is 0 Å². The smallest absolute Gasteiger partial charge is 0.329 e. The van der Waals surface area contributed by atoms with E-state index in [9.17, 15) is 19.2 Å². The Bertz CT molecular complexity index is 780. The van der Waals surface area contributed by atoms with Gasteiger partial charge in [-0.3, -0.25) is 19.3 Å². The van der Waals surface area contributed by atoms with Crippen LogP contribution in [0.3, 0.4) is 0 Å². The molecule has 0 unspecified atom stereocenters. The Hall–Kier alpha value is -2.70. The lowest BCUT2D eigenvalue weighted by molar-refractivity contribution is -0.159. The summed E-state index contributed by atoms with van der Waals surface area (Å²) >= 11 is 0. The highest BCUT2D eigenvalue weighted by Gasteiger charge is 2.51. The summed E-state index contributed by atoms with van der Waals surface area (Å²) in [4.78, 5) is 50.7. The fourth-order valence-electron chi connectivity index (χ4n) is 4.27. The maximum Gasteiger partial charge on any atom is 0.329 e. The van der Waals surface area contributed by atoms with Gasteiger partial charge >= 0.3 is 5.97 Å². The fourth-order valence-corrected chi connectivity index (χ4v) is 4.27. The summed E-state index contributed by atoms with van der Waals surface area (Å²) in [5, 5.41) is 2.68. The van der Waals surface area contributed by atoms with Gasteiger partial charge in [0.05, 0.1) is 11.8 Å². The Morgan fingerprint density at radius 2 is 1.70 bits per heavy atom. The lowest BCUT2D eigenvalue weighted by Crippen LogP contribution is -2.45. The molecule has 1 aliphatic heterocycles. The minimum Gasteiger partial charge on any atom is -0.454 e. The van der Waals surface area contributed by atoms with Crippen LogP contribution in [0, 0.1) is 11.8 Å². The number of carbonyl (C=O) groups is 4. The molecule has 1 saturated carbocycles. The van der Waals surface area contributed by atoms with Gasteiger partial charge in [0.1, 0.15) is 6.04 Å². The number of fused-ring (bicyclic) bond motifs is 1.